The number of rotatable bonds is 3. The van der Waals surface area contributed by atoms with Crippen LogP contribution in [0.2, 0.25) is 0 Å². The van der Waals surface area contributed by atoms with Gasteiger partial charge in [0.1, 0.15) is 11.3 Å². The molecule has 0 saturated carbocycles. The van der Waals surface area contributed by atoms with Gasteiger partial charge in [-0.15, -0.1) is 0 Å². The molecule has 3 aromatic rings. The van der Waals surface area contributed by atoms with Gasteiger partial charge in [-0.05, 0) is 31.2 Å². The lowest BCUT2D eigenvalue weighted by Gasteiger charge is -2.08. The molecule has 0 atom stereocenters. The Morgan fingerprint density at radius 1 is 1.09 bits per heavy atom. The van der Waals surface area contributed by atoms with Crippen LogP contribution in [-0.2, 0) is 0 Å². The number of nitrogens with one attached hydrogen (secondary N) is 1. The fourth-order valence-electron chi connectivity index (χ4n) is 2.29. The van der Waals surface area contributed by atoms with E-state index in [2.05, 4.69) is 5.32 Å². The second-order valence-corrected chi connectivity index (χ2v) is 5.16. The molecule has 116 valence electrons. The molecule has 0 aliphatic heterocycles. The highest BCUT2D eigenvalue weighted by Gasteiger charge is 2.14. The minimum Gasteiger partial charge on any atom is -0.497 e. The number of hydrogen-bond acceptors (Lipinski definition) is 4. The van der Waals surface area contributed by atoms with Gasteiger partial charge >= 0.3 is 5.63 Å². The number of hydrogen-bond donors (Lipinski definition) is 1. The second kappa shape index (κ2) is 5.96. The lowest BCUT2D eigenvalue weighted by atomic mass is 10.1. The van der Waals surface area contributed by atoms with E-state index >= 15 is 0 Å². The SMILES string of the molecule is COc1ccc2c(C(=O)Nc3ccc(C)cc3)cc(=O)oc2c1. The number of carbonyl (C=O) groups is 1. The fourth-order valence-corrected chi connectivity index (χ4v) is 2.29. The summed E-state index contributed by atoms with van der Waals surface area (Å²) in [6.45, 7) is 1.97. The molecule has 1 heterocycles. The van der Waals surface area contributed by atoms with Crippen molar-refractivity contribution in [3.63, 3.8) is 0 Å². The minimum absolute atomic E-state index is 0.263. The lowest BCUT2D eigenvalue weighted by molar-refractivity contribution is 0.102. The van der Waals surface area contributed by atoms with Crippen LogP contribution in [0.25, 0.3) is 11.0 Å². The van der Waals surface area contributed by atoms with Crippen molar-refractivity contribution < 1.29 is 13.9 Å². The number of carbonyl (C=O) groups excluding carboxylic acids is 1. The Bertz CT molecular complexity index is 926. The molecule has 0 aliphatic carbocycles. The Hall–Kier alpha value is -3.08. The van der Waals surface area contributed by atoms with Crippen LogP contribution < -0.4 is 15.7 Å². The van der Waals surface area contributed by atoms with Gasteiger partial charge in [0.2, 0.25) is 0 Å². The Morgan fingerprint density at radius 2 is 1.83 bits per heavy atom. The summed E-state index contributed by atoms with van der Waals surface area (Å²) in [6.07, 6.45) is 0. The van der Waals surface area contributed by atoms with Crippen molar-refractivity contribution >= 4 is 22.6 Å². The molecule has 5 heteroatoms. The molecule has 1 amide bonds. The third kappa shape index (κ3) is 3.08. The summed E-state index contributed by atoms with van der Waals surface area (Å²) in [7, 11) is 1.52. The average Bonchev–Trinajstić information content (AvgIpc) is 2.55. The Labute approximate surface area is 132 Å². The predicted molar refractivity (Wildman–Crippen MR) is 88.2 cm³/mol. The first-order chi connectivity index (χ1) is 11.1. The molecule has 23 heavy (non-hydrogen) atoms. The largest absolute Gasteiger partial charge is 0.497 e. The van der Waals surface area contributed by atoms with Gasteiger partial charge in [-0.3, -0.25) is 4.79 Å². The molecule has 0 saturated heterocycles. The molecular weight excluding hydrogens is 294 g/mol. The number of ether oxygens (including phenoxy) is 1. The lowest BCUT2D eigenvalue weighted by Crippen LogP contribution is -2.15. The quantitative estimate of drug-likeness (QED) is 0.753. The van der Waals surface area contributed by atoms with E-state index in [9.17, 15) is 9.59 Å². The van der Waals surface area contributed by atoms with Crippen LogP contribution in [0.3, 0.4) is 0 Å². The molecule has 5 nitrogen and oxygen atoms in total. The van der Waals surface area contributed by atoms with Crippen molar-refractivity contribution in [2.75, 3.05) is 12.4 Å². The average molecular weight is 309 g/mol. The van der Waals surface area contributed by atoms with Crippen molar-refractivity contribution in [1.82, 2.24) is 0 Å². The first-order valence-corrected chi connectivity index (χ1v) is 7.07. The highest BCUT2D eigenvalue weighted by molar-refractivity contribution is 6.12. The zero-order chi connectivity index (χ0) is 16.4. The molecule has 1 N–H and O–H groups in total. The molecule has 0 fully saturated rings. The molecule has 0 bridgehead atoms. The molecule has 0 unspecified atom stereocenters. The summed E-state index contributed by atoms with van der Waals surface area (Å²) in [5.74, 6) is 0.189. The van der Waals surface area contributed by atoms with Gasteiger partial charge in [0.15, 0.2) is 0 Å². The van der Waals surface area contributed by atoms with Crippen LogP contribution in [0.1, 0.15) is 15.9 Å². The second-order valence-electron chi connectivity index (χ2n) is 5.16. The van der Waals surface area contributed by atoms with E-state index in [-0.39, 0.29) is 11.5 Å². The van der Waals surface area contributed by atoms with Crippen LogP contribution >= 0.6 is 0 Å². The van der Waals surface area contributed by atoms with Gasteiger partial charge in [-0.2, -0.15) is 0 Å². The van der Waals surface area contributed by atoms with Gasteiger partial charge < -0.3 is 14.5 Å². The maximum Gasteiger partial charge on any atom is 0.337 e. The van der Waals surface area contributed by atoms with E-state index in [1.54, 1.807) is 18.2 Å². The monoisotopic (exact) mass is 309 g/mol. The van der Waals surface area contributed by atoms with Crippen LogP contribution in [0, 0.1) is 6.92 Å². The van der Waals surface area contributed by atoms with E-state index in [1.165, 1.54) is 13.2 Å². The van der Waals surface area contributed by atoms with Crippen LogP contribution in [-0.4, -0.2) is 13.0 Å². The summed E-state index contributed by atoms with van der Waals surface area (Å²) in [6, 6.07) is 13.6. The zero-order valence-electron chi connectivity index (χ0n) is 12.8. The molecule has 0 radical (unpaired) electrons. The van der Waals surface area contributed by atoms with E-state index in [0.717, 1.165) is 5.56 Å². The normalized spacial score (nSPS) is 10.5. The smallest absolute Gasteiger partial charge is 0.337 e. The summed E-state index contributed by atoms with van der Waals surface area (Å²) in [5.41, 5.74) is 1.75. The van der Waals surface area contributed by atoms with Crippen LogP contribution in [0.5, 0.6) is 5.75 Å². The molecule has 3 rings (SSSR count). The topological polar surface area (TPSA) is 68.5 Å². The van der Waals surface area contributed by atoms with Crippen molar-refractivity contribution in [2.24, 2.45) is 0 Å². The van der Waals surface area contributed by atoms with E-state index < -0.39 is 5.63 Å². The Morgan fingerprint density at radius 3 is 2.52 bits per heavy atom. The molecule has 2 aromatic carbocycles. The third-order valence-electron chi connectivity index (χ3n) is 3.51. The summed E-state index contributed by atoms with van der Waals surface area (Å²) in [4.78, 5) is 24.2. The molecule has 0 aliphatic rings. The summed E-state index contributed by atoms with van der Waals surface area (Å²) in [5, 5.41) is 3.33. The number of anilines is 1. The van der Waals surface area contributed by atoms with Gasteiger partial charge in [0, 0.05) is 23.2 Å². The highest BCUT2D eigenvalue weighted by Crippen LogP contribution is 2.23. The maximum absolute atomic E-state index is 12.5. The van der Waals surface area contributed by atoms with Crippen molar-refractivity contribution in [2.45, 2.75) is 6.92 Å². The van der Waals surface area contributed by atoms with E-state index in [1.807, 2.05) is 31.2 Å². The summed E-state index contributed by atoms with van der Waals surface area (Å²) >= 11 is 0. The maximum atomic E-state index is 12.5. The molecular formula is C18H15NO4. The van der Waals surface area contributed by atoms with E-state index in [0.29, 0.717) is 22.4 Å². The molecule has 0 spiro atoms. The third-order valence-corrected chi connectivity index (χ3v) is 3.51. The van der Waals surface area contributed by atoms with Gasteiger partial charge in [-0.1, -0.05) is 17.7 Å². The standard InChI is InChI=1S/C18H15NO4/c1-11-3-5-12(6-4-11)19-18(21)15-10-17(20)23-16-9-13(22-2)7-8-14(15)16/h3-10H,1-2H3,(H,19,21). The highest BCUT2D eigenvalue weighted by atomic mass is 16.5. The number of methoxy groups -OCH3 is 1. The van der Waals surface area contributed by atoms with Crippen molar-refractivity contribution in [3.05, 3.63) is 70.1 Å². The predicted octanol–water partition coefficient (Wildman–Crippen LogP) is 3.36. The van der Waals surface area contributed by atoms with Crippen LogP contribution in [0.15, 0.2) is 57.7 Å². The van der Waals surface area contributed by atoms with Gasteiger partial charge in [-0.25, -0.2) is 4.79 Å². The minimum atomic E-state index is -0.584. The number of benzene rings is 2. The number of fused-ring (bicyclic) bond motifs is 1. The summed E-state index contributed by atoms with van der Waals surface area (Å²) < 4.78 is 10.3. The van der Waals surface area contributed by atoms with E-state index in [4.69, 9.17) is 9.15 Å². The Balaban J connectivity index is 2.02. The first-order valence-electron chi connectivity index (χ1n) is 7.07. The Kier molecular flexibility index (Phi) is 3.85. The number of amides is 1. The van der Waals surface area contributed by atoms with Gasteiger partial charge in [0.05, 0.1) is 12.7 Å². The van der Waals surface area contributed by atoms with Crippen LogP contribution in [0.4, 0.5) is 5.69 Å². The zero-order valence-corrected chi connectivity index (χ0v) is 12.8. The van der Waals surface area contributed by atoms with Gasteiger partial charge in [0.25, 0.3) is 5.91 Å². The van der Waals surface area contributed by atoms with Crippen molar-refractivity contribution in [1.29, 1.82) is 0 Å². The fraction of sp³-hybridized carbons (Fsp3) is 0.111. The number of aryl methyl sites for hydroxylation is 1. The molecule has 1 aromatic heterocycles. The first kappa shape index (κ1) is 14.8. The van der Waals surface area contributed by atoms with Crippen molar-refractivity contribution in [3.8, 4) is 5.75 Å².